The van der Waals surface area contributed by atoms with E-state index >= 15 is 0 Å². The Balaban J connectivity index is 1.75. The second-order valence-corrected chi connectivity index (χ2v) is 8.79. The van der Waals surface area contributed by atoms with Gasteiger partial charge in [0.2, 0.25) is 21.9 Å². The van der Waals surface area contributed by atoms with Crippen LogP contribution in [0.25, 0.3) is 11.0 Å². The molecule has 1 aliphatic rings. The molecule has 0 spiro atoms. The minimum absolute atomic E-state index is 0.0404. The van der Waals surface area contributed by atoms with E-state index in [0.717, 1.165) is 19.0 Å². The number of nitrogens with one attached hydrogen (secondary N) is 1. The highest BCUT2D eigenvalue weighted by Gasteiger charge is 2.44. The first kappa shape index (κ1) is 20.3. The van der Waals surface area contributed by atoms with Gasteiger partial charge in [-0.2, -0.15) is 13.2 Å². The number of ether oxygens (including phenoxy) is 1. The van der Waals surface area contributed by atoms with E-state index in [2.05, 4.69) is 19.7 Å². The summed E-state index contributed by atoms with van der Waals surface area (Å²) in [6.45, 7) is 0. The molecule has 1 fully saturated rings. The number of halogens is 3. The van der Waals surface area contributed by atoms with Gasteiger partial charge in [0.25, 0.3) is 5.88 Å². The molecule has 0 unspecified atom stereocenters. The van der Waals surface area contributed by atoms with Crippen molar-refractivity contribution in [3.63, 3.8) is 0 Å². The standard InChI is InChI=1S/C19H17F3N4O3S/c20-19(21,22)16(13-4-3-9-23-10-13)29-18-17(26-30(27,28)11-12-7-8-12)24-14-5-1-2-6-15(14)25-18/h1-6,9-10,12,16H,7-8,11H2,(H,24,26)/t16-/m1/s1. The normalized spacial score (nSPS) is 15.7. The van der Waals surface area contributed by atoms with E-state index in [9.17, 15) is 21.6 Å². The molecule has 30 heavy (non-hydrogen) atoms. The van der Waals surface area contributed by atoms with Crippen LogP contribution in [-0.2, 0) is 10.0 Å². The Kier molecular flexibility index (Phi) is 5.22. The molecule has 0 saturated heterocycles. The third-order valence-corrected chi connectivity index (χ3v) is 5.87. The summed E-state index contributed by atoms with van der Waals surface area (Å²) in [6, 6.07) is 8.99. The van der Waals surface area contributed by atoms with Gasteiger partial charge in [0.15, 0.2) is 0 Å². The van der Waals surface area contributed by atoms with E-state index in [0.29, 0.717) is 5.52 Å². The summed E-state index contributed by atoms with van der Waals surface area (Å²) in [5.74, 6) is -1.03. The number of hydrogen-bond acceptors (Lipinski definition) is 6. The van der Waals surface area contributed by atoms with Crippen LogP contribution in [0.5, 0.6) is 5.88 Å². The van der Waals surface area contributed by atoms with Gasteiger partial charge in [-0.05, 0) is 37.0 Å². The average Bonchev–Trinajstić information content (AvgIpc) is 3.49. The number of nitrogens with zero attached hydrogens (tertiary/aromatic N) is 3. The molecule has 1 saturated carbocycles. The summed E-state index contributed by atoms with van der Waals surface area (Å²) in [6.07, 6.45) is -3.22. The molecular weight excluding hydrogens is 421 g/mol. The molecule has 0 amide bonds. The molecule has 2 heterocycles. The first-order valence-corrected chi connectivity index (χ1v) is 10.8. The largest absolute Gasteiger partial charge is 0.457 e. The van der Waals surface area contributed by atoms with Crippen LogP contribution in [0.15, 0.2) is 48.8 Å². The minimum atomic E-state index is -4.79. The quantitative estimate of drug-likeness (QED) is 0.602. The Morgan fingerprint density at radius 1 is 1.10 bits per heavy atom. The zero-order chi connectivity index (χ0) is 21.4. The van der Waals surface area contributed by atoms with Gasteiger partial charge in [0.1, 0.15) is 0 Å². The van der Waals surface area contributed by atoms with E-state index < -0.39 is 28.2 Å². The van der Waals surface area contributed by atoms with Crippen molar-refractivity contribution in [3.05, 3.63) is 54.4 Å². The molecule has 1 aromatic carbocycles. The molecule has 0 bridgehead atoms. The predicted molar refractivity (Wildman–Crippen MR) is 103 cm³/mol. The highest BCUT2D eigenvalue weighted by atomic mass is 32.2. The van der Waals surface area contributed by atoms with E-state index in [-0.39, 0.29) is 28.6 Å². The number of hydrogen-bond donors (Lipinski definition) is 1. The third kappa shape index (κ3) is 4.78. The fourth-order valence-electron chi connectivity index (χ4n) is 2.88. The van der Waals surface area contributed by atoms with Crippen molar-refractivity contribution in [3.8, 4) is 5.88 Å². The topological polar surface area (TPSA) is 94.1 Å². The van der Waals surface area contributed by atoms with Crippen LogP contribution in [-0.4, -0.2) is 35.3 Å². The van der Waals surface area contributed by atoms with Crippen LogP contribution in [0.3, 0.4) is 0 Å². The number of rotatable bonds is 7. The highest BCUT2D eigenvalue weighted by Crippen LogP contribution is 2.38. The molecule has 4 rings (SSSR count). The molecule has 0 aliphatic heterocycles. The fraction of sp³-hybridized carbons (Fsp3) is 0.316. The first-order valence-electron chi connectivity index (χ1n) is 9.12. The van der Waals surface area contributed by atoms with Crippen LogP contribution in [0.4, 0.5) is 19.0 Å². The SMILES string of the molecule is O=S(=O)(CC1CC1)Nc1nc2ccccc2nc1O[C@H](c1cccnc1)C(F)(F)F. The maximum Gasteiger partial charge on any atom is 0.429 e. The first-order chi connectivity index (χ1) is 14.2. The molecule has 1 N–H and O–H groups in total. The van der Waals surface area contributed by atoms with Crippen LogP contribution in [0.2, 0.25) is 0 Å². The number of alkyl halides is 3. The minimum Gasteiger partial charge on any atom is -0.457 e. The van der Waals surface area contributed by atoms with Crippen molar-refractivity contribution in [2.45, 2.75) is 25.1 Å². The molecule has 11 heteroatoms. The Morgan fingerprint density at radius 3 is 2.40 bits per heavy atom. The summed E-state index contributed by atoms with van der Waals surface area (Å²) in [5.41, 5.74) is 0.343. The summed E-state index contributed by atoms with van der Waals surface area (Å²) >= 11 is 0. The molecule has 158 valence electrons. The van der Waals surface area contributed by atoms with Crippen LogP contribution >= 0.6 is 0 Å². The van der Waals surface area contributed by atoms with E-state index in [1.165, 1.54) is 18.3 Å². The van der Waals surface area contributed by atoms with Crippen molar-refractivity contribution in [2.24, 2.45) is 5.92 Å². The van der Waals surface area contributed by atoms with Crippen LogP contribution in [0.1, 0.15) is 24.5 Å². The van der Waals surface area contributed by atoms with Gasteiger partial charge in [-0.1, -0.05) is 18.2 Å². The average molecular weight is 438 g/mol. The number of fused-ring (bicyclic) bond motifs is 1. The monoisotopic (exact) mass is 438 g/mol. The fourth-order valence-corrected chi connectivity index (χ4v) is 4.35. The van der Waals surface area contributed by atoms with Gasteiger partial charge in [-0.15, -0.1) is 0 Å². The zero-order valence-electron chi connectivity index (χ0n) is 15.5. The lowest BCUT2D eigenvalue weighted by atomic mass is 10.1. The van der Waals surface area contributed by atoms with Crippen LogP contribution in [0, 0.1) is 5.92 Å². The number of aromatic nitrogens is 3. The maximum absolute atomic E-state index is 13.7. The molecule has 7 nitrogen and oxygen atoms in total. The molecule has 2 aromatic heterocycles. The van der Waals surface area contributed by atoms with Gasteiger partial charge in [-0.3, -0.25) is 9.71 Å². The lowest BCUT2D eigenvalue weighted by molar-refractivity contribution is -0.198. The highest BCUT2D eigenvalue weighted by molar-refractivity contribution is 7.92. The van der Waals surface area contributed by atoms with Gasteiger partial charge in [-0.25, -0.2) is 18.4 Å². The van der Waals surface area contributed by atoms with Gasteiger partial charge >= 0.3 is 6.18 Å². The van der Waals surface area contributed by atoms with E-state index in [4.69, 9.17) is 4.74 Å². The molecule has 1 aliphatic carbocycles. The van der Waals surface area contributed by atoms with Crippen molar-refractivity contribution in [1.82, 2.24) is 15.0 Å². The van der Waals surface area contributed by atoms with Crippen molar-refractivity contribution in [2.75, 3.05) is 10.5 Å². The number of pyridine rings is 1. The molecular formula is C19H17F3N4O3S. The zero-order valence-corrected chi connectivity index (χ0v) is 16.3. The Bertz CT molecular complexity index is 1150. The lowest BCUT2D eigenvalue weighted by Crippen LogP contribution is -2.27. The second-order valence-electron chi connectivity index (χ2n) is 7.02. The Hall–Kier alpha value is -2.95. The summed E-state index contributed by atoms with van der Waals surface area (Å²) < 4.78 is 73.5. The third-order valence-electron chi connectivity index (χ3n) is 4.46. The maximum atomic E-state index is 13.7. The molecule has 1 atom stereocenters. The van der Waals surface area contributed by atoms with Crippen molar-refractivity contribution >= 4 is 26.9 Å². The number of anilines is 1. The summed E-state index contributed by atoms with van der Waals surface area (Å²) in [7, 11) is -3.82. The number of para-hydroxylation sites is 2. The predicted octanol–water partition coefficient (Wildman–Crippen LogP) is 3.86. The van der Waals surface area contributed by atoms with Crippen LogP contribution < -0.4 is 9.46 Å². The Morgan fingerprint density at radius 2 is 1.80 bits per heavy atom. The van der Waals surface area contributed by atoms with Gasteiger partial charge in [0, 0.05) is 18.0 Å². The lowest BCUT2D eigenvalue weighted by Gasteiger charge is -2.22. The van der Waals surface area contributed by atoms with E-state index in [1.54, 1.807) is 24.3 Å². The van der Waals surface area contributed by atoms with Crippen molar-refractivity contribution in [1.29, 1.82) is 0 Å². The molecule has 3 aromatic rings. The van der Waals surface area contributed by atoms with Gasteiger partial charge < -0.3 is 4.74 Å². The van der Waals surface area contributed by atoms with E-state index in [1.807, 2.05) is 0 Å². The Labute approximate surface area is 170 Å². The van der Waals surface area contributed by atoms with Gasteiger partial charge in [0.05, 0.1) is 16.8 Å². The number of benzene rings is 1. The smallest absolute Gasteiger partial charge is 0.429 e. The summed E-state index contributed by atoms with van der Waals surface area (Å²) in [5, 5.41) is 0. The van der Waals surface area contributed by atoms with Crippen molar-refractivity contribution < 1.29 is 26.3 Å². The molecule has 0 radical (unpaired) electrons. The number of sulfonamides is 1. The second kappa shape index (κ2) is 7.71. The summed E-state index contributed by atoms with van der Waals surface area (Å²) in [4.78, 5) is 12.0.